The molecule has 3 aromatic rings. The number of fused-ring (bicyclic) bond motifs is 1. The van der Waals surface area contributed by atoms with Crippen LogP contribution in [0.2, 0.25) is 0 Å². The molecule has 1 unspecified atom stereocenters. The fourth-order valence-corrected chi connectivity index (χ4v) is 3.46. The lowest BCUT2D eigenvalue weighted by molar-refractivity contribution is -0.142. The molecule has 1 N–H and O–H groups in total. The standard InChI is InChI=1S/C20H24N6O3/c1-14-5-3-4-6-17(14)29-12-16(27)19(28)25-9-7-24(8-10-25)18-11-15(2)23-20-21-13-22-26(18)20/h3-6,11,13,16,27H,7-10,12H2,1-2H3. The lowest BCUT2D eigenvalue weighted by Gasteiger charge is -2.36. The van der Waals surface area contributed by atoms with Gasteiger partial charge in [0.25, 0.3) is 11.7 Å². The van der Waals surface area contributed by atoms with E-state index in [9.17, 15) is 9.90 Å². The van der Waals surface area contributed by atoms with Gasteiger partial charge in [-0.05, 0) is 25.5 Å². The van der Waals surface area contributed by atoms with E-state index >= 15 is 0 Å². The average Bonchev–Trinajstić information content (AvgIpc) is 3.20. The highest BCUT2D eigenvalue weighted by Gasteiger charge is 2.27. The summed E-state index contributed by atoms with van der Waals surface area (Å²) >= 11 is 0. The Morgan fingerprint density at radius 1 is 1.21 bits per heavy atom. The number of carbonyl (C=O) groups excluding carboxylic acids is 1. The van der Waals surface area contributed by atoms with E-state index in [1.165, 1.54) is 6.33 Å². The minimum absolute atomic E-state index is 0.0625. The van der Waals surface area contributed by atoms with Gasteiger partial charge in [0.1, 0.15) is 24.5 Å². The van der Waals surface area contributed by atoms with E-state index < -0.39 is 6.10 Å². The lowest BCUT2D eigenvalue weighted by Crippen LogP contribution is -2.52. The van der Waals surface area contributed by atoms with E-state index in [0.717, 1.165) is 17.1 Å². The van der Waals surface area contributed by atoms with Crippen LogP contribution >= 0.6 is 0 Å². The van der Waals surface area contributed by atoms with Gasteiger partial charge in [-0.3, -0.25) is 4.79 Å². The molecule has 0 saturated carbocycles. The van der Waals surface area contributed by atoms with Crippen molar-refractivity contribution >= 4 is 17.5 Å². The number of amides is 1. The maximum atomic E-state index is 12.6. The number of para-hydroxylation sites is 1. The Labute approximate surface area is 168 Å². The molecule has 3 heterocycles. The van der Waals surface area contributed by atoms with Gasteiger partial charge >= 0.3 is 0 Å². The van der Waals surface area contributed by atoms with Gasteiger partial charge in [0.15, 0.2) is 6.10 Å². The normalized spacial score (nSPS) is 15.6. The van der Waals surface area contributed by atoms with Crippen LogP contribution in [0.4, 0.5) is 5.82 Å². The SMILES string of the molecule is Cc1cc(N2CCN(C(=O)C(O)COc3ccccc3C)CC2)n2ncnc2n1. The summed E-state index contributed by atoms with van der Waals surface area (Å²) in [6.07, 6.45) is 0.293. The summed E-state index contributed by atoms with van der Waals surface area (Å²) in [7, 11) is 0. The van der Waals surface area contributed by atoms with Crippen LogP contribution in [0.1, 0.15) is 11.3 Å². The third-order valence-electron chi connectivity index (χ3n) is 5.05. The molecule has 1 amide bonds. The molecule has 1 fully saturated rings. The minimum Gasteiger partial charge on any atom is -0.490 e. The van der Waals surface area contributed by atoms with Gasteiger partial charge in [-0.1, -0.05) is 18.2 Å². The van der Waals surface area contributed by atoms with Gasteiger partial charge in [0.2, 0.25) is 0 Å². The molecule has 9 heteroatoms. The van der Waals surface area contributed by atoms with Gasteiger partial charge in [-0.2, -0.15) is 14.6 Å². The fraction of sp³-hybridized carbons (Fsp3) is 0.400. The number of anilines is 1. The Morgan fingerprint density at radius 3 is 2.72 bits per heavy atom. The number of aryl methyl sites for hydroxylation is 2. The monoisotopic (exact) mass is 396 g/mol. The largest absolute Gasteiger partial charge is 0.490 e. The zero-order valence-electron chi connectivity index (χ0n) is 16.5. The number of benzene rings is 1. The fourth-order valence-electron chi connectivity index (χ4n) is 3.46. The summed E-state index contributed by atoms with van der Waals surface area (Å²) < 4.78 is 7.32. The first kappa shape index (κ1) is 19.1. The molecule has 0 aliphatic carbocycles. The topological polar surface area (TPSA) is 96.1 Å². The van der Waals surface area contributed by atoms with Crippen LogP contribution in [0.5, 0.6) is 5.75 Å². The quantitative estimate of drug-likeness (QED) is 0.682. The summed E-state index contributed by atoms with van der Waals surface area (Å²) in [6, 6.07) is 9.50. The van der Waals surface area contributed by atoms with Crippen LogP contribution in [-0.2, 0) is 4.79 Å². The number of hydrogen-bond acceptors (Lipinski definition) is 7. The van der Waals surface area contributed by atoms with Crippen molar-refractivity contribution in [1.82, 2.24) is 24.5 Å². The first-order valence-electron chi connectivity index (χ1n) is 9.60. The number of aliphatic hydroxyl groups excluding tert-OH is 1. The van der Waals surface area contributed by atoms with Crippen LogP contribution in [0.15, 0.2) is 36.7 Å². The molecule has 0 bridgehead atoms. The number of aromatic nitrogens is 4. The predicted molar refractivity (Wildman–Crippen MR) is 107 cm³/mol. The second-order valence-corrected chi connectivity index (χ2v) is 7.13. The molecule has 0 spiro atoms. The third-order valence-corrected chi connectivity index (χ3v) is 5.05. The number of ether oxygens (including phenoxy) is 1. The molecule has 29 heavy (non-hydrogen) atoms. The zero-order valence-corrected chi connectivity index (χ0v) is 16.5. The van der Waals surface area contributed by atoms with Gasteiger partial charge in [-0.15, -0.1) is 0 Å². The van der Waals surface area contributed by atoms with Gasteiger partial charge in [0.05, 0.1) is 0 Å². The van der Waals surface area contributed by atoms with Gasteiger partial charge in [0, 0.05) is 37.9 Å². The molecule has 0 radical (unpaired) electrons. The molecule has 2 aromatic heterocycles. The molecule has 9 nitrogen and oxygen atoms in total. The third kappa shape index (κ3) is 4.00. The zero-order chi connectivity index (χ0) is 20.4. The van der Waals surface area contributed by atoms with Gasteiger partial charge in [-0.25, -0.2) is 4.98 Å². The van der Waals surface area contributed by atoms with Crippen LogP contribution in [0.25, 0.3) is 5.78 Å². The van der Waals surface area contributed by atoms with Crippen molar-refractivity contribution in [2.75, 3.05) is 37.7 Å². The van der Waals surface area contributed by atoms with Crippen molar-refractivity contribution < 1.29 is 14.6 Å². The number of piperazine rings is 1. The first-order valence-corrected chi connectivity index (χ1v) is 9.60. The maximum absolute atomic E-state index is 12.6. The van der Waals surface area contributed by atoms with E-state index in [0.29, 0.717) is 37.7 Å². The van der Waals surface area contributed by atoms with E-state index in [-0.39, 0.29) is 12.5 Å². The Bertz CT molecular complexity index is 1010. The number of hydrogen-bond donors (Lipinski definition) is 1. The average molecular weight is 396 g/mol. The molecule has 1 aromatic carbocycles. The molecule has 1 aliphatic rings. The summed E-state index contributed by atoms with van der Waals surface area (Å²) in [4.78, 5) is 25.0. The van der Waals surface area contributed by atoms with Crippen molar-refractivity contribution in [3.05, 3.63) is 47.9 Å². The van der Waals surface area contributed by atoms with Crippen LogP contribution in [0, 0.1) is 13.8 Å². The highest BCUT2D eigenvalue weighted by atomic mass is 16.5. The number of nitrogens with zero attached hydrogens (tertiary/aromatic N) is 6. The maximum Gasteiger partial charge on any atom is 0.255 e. The molecule has 1 aliphatic heterocycles. The summed E-state index contributed by atoms with van der Waals surface area (Å²) in [6.45, 7) is 6.08. The Hall–Kier alpha value is -3.20. The van der Waals surface area contributed by atoms with E-state index in [4.69, 9.17) is 4.74 Å². The summed E-state index contributed by atoms with van der Waals surface area (Å²) in [5, 5.41) is 14.5. The van der Waals surface area contributed by atoms with Crippen LogP contribution in [-0.4, -0.2) is 74.4 Å². The molecule has 1 atom stereocenters. The van der Waals surface area contributed by atoms with Crippen molar-refractivity contribution in [2.24, 2.45) is 0 Å². The van der Waals surface area contributed by atoms with Crippen LogP contribution in [0.3, 0.4) is 0 Å². The van der Waals surface area contributed by atoms with Crippen molar-refractivity contribution in [2.45, 2.75) is 20.0 Å². The van der Waals surface area contributed by atoms with Crippen LogP contribution < -0.4 is 9.64 Å². The Morgan fingerprint density at radius 2 is 1.97 bits per heavy atom. The van der Waals surface area contributed by atoms with Crippen molar-refractivity contribution in [3.8, 4) is 5.75 Å². The molecular formula is C20H24N6O3. The summed E-state index contributed by atoms with van der Waals surface area (Å²) in [5.74, 6) is 1.83. The number of rotatable bonds is 5. The van der Waals surface area contributed by atoms with E-state index in [1.54, 1.807) is 9.42 Å². The molecule has 152 valence electrons. The lowest BCUT2D eigenvalue weighted by atomic mass is 10.2. The summed E-state index contributed by atoms with van der Waals surface area (Å²) in [5.41, 5.74) is 1.83. The number of carbonyl (C=O) groups is 1. The highest BCUT2D eigenvalue weighted by Crippen LogP contribution is 2.19. The molecular weight excluding hydrogens is 372 g/mol. The second kappa shape index (κ2) is 8.04. The van der Waals surface area contributed by atoms with Crippen molar-refractivity contribution in [3.63, 3.8) is 0 Å². The Kier molecular flexibility index (Phi) is 5.30. The van der Waals surface area contributed by atoms with Crippen molar-refractivity contribution in [1.29, 1.82) is 0 Å². The first-order chi connectivity index (χ1) is 14.0. The minimum atomic E-state index is -1.19. The second-order valence-electron chi connectivity index (χ2n) is 7.13. The molecule has 4 rings (SSSR count). The highest BCUT2D eigenvalue weighted by molar-refractivity contribution is 5.81. The smallest absolute Gasteiger partial charge is 0.255 e. The van der Waals surface area contributed by atoms with E-state index in [1.807, 2.05) is 44.2 Å². The van der Waals surface area contributed by atoms with E-state index in [2.05, 4.69) is 20.0 Å². The Balaban J connectivity index is 1.35. The number of aliphatic hydroxyl groups is 1. The van der Waals surface area contributed by atoms with Gasteiger partial charge < -0.3 is 19.6 Å². The predicted octanol–water partition coefficient (Wildman–Crippen LogP) is 0.830. The molecule has 1 saturated heterocycles.